The molecule has 2 aromatic heterocycles. The molecule has 0 N–H and O–H groups in total. The number of hydrogen-bond donors (Lipinski definition) is 0. The topological polar surface area (TPSA) is 38.9 Å². The standard InChI is InChI=1S/C9H10N2O/c1-3-7-4-8-9(10-5-12-8)11-6(7)2/h4-5H,3H2,1-2H3. The summed E-state index contributed by atoms with van der Waals surface area (Å²) < 4.78 is 5.14. The van der Waals surface area contributed by atoms with Gasteiger partial charge in [-0.1, -0.05) is 6.92 Å². The molecule has 0 fully saturated rings. The summed E-state index contributed by atoms with van der Waals surface area (Å²) in [5.41, 5.74) is 3.74. The Hall–Kier alpha value is -1.38. The van der Waals surface area contributed by atoms with Gasteiger partial charge in [0.2, 0.25) is 0 Å². The molecule has 0 bridgehead atoms. The van der Waals surface area contributed by atoms with Gasteiger partial charge in [-0.3, -0.25) is 0 Å². The van der Waals surface area contributed by atoms with Crippen LogP contribution in [0.4, 0.5) is 0 Å². The first-order valence-corrected chi connectivity index (χ1v) is 4.01. The van der Waals surface area contributed by atoms with Crippen LogP contribution in [0.15, 0.2) is 16.9 Å². The molecule has 3 heteroatoms. The molecule has 0 aliphatic rings. The summed E-state index contributed by atoms with van der Waals surface area (Å²) in [5, 5.41) is 0. The van der Waals surface area contributed by atoms with E-state index in [4.69, 9.17) is 4.42 Å². The van der Waals surface area contributed by atoms with E-state index in [0.29, 0.717) is 5.65 Å². The zero-order valence-corrected chi connectivity index (χ0v) is 7.16. The van der Waals surface area contributed by atoms with Crippen LogP contribution in [0.2, 0.25) is 0 Å². The van der Waals surface area contributed by atoms with Crippen molar-refractivity contribution in [2.24, 2.45) is 0 Å². The van der Waals surface area contributed by atoms with E-state index in [2.05, 4.69) is 16.9 Å². The van der Waals surface area contributed by atoms with Crippen LogP contribution in [-0.2, 0) is 6.42 Å². The minimum Gasteiger partial charge on any atom is -0.442 e. The van der Waals surface area contributed by atoms with E-state index in [1.807, 2.05) is 13.0 Å². The maximum atomic E-state index is 5.14. The first kappa shape index (κ1) is 7.28. The highest BCUT2D eigenvalue weighted by molar-refractivity contribution is 5.68. The van der Waals surface area contributed by atoms with Gasteiger partial charge >= 0.3 is 0 Å². The van der Waals surface area contributed by atoms with E-state index < -0.39 is 0 Å². The molecule has 0 aromatic carbocycles. The molecule has 2 heterocycles. The number of aromatic nitrogens is 2. The summed E-state index contributed by atoms with van der Waals surface area (Å²) in [6, 6.07) is 2.00. The van der Waals surface area contributed by atoms with Crippen molar-refractivity contribution in [2.75, 3.05) is 0 Å². The fraction of sp³-hybridized carbons (Fsp3) is 0.333. The van der Waals surface area contributed by atoms with Crippen molar-refractivity contribution < 1.29 is 4.42 Å². The number of fused-ring (bicyclic) bond motifs is 1. The fourth-order valence-corrected chi connectivity index (χ4v) is 1.28. The summed E-state index contributed by atoms with van der Waals surface area (Å²) in [7, 11) is 0. The van der Waals surface area contributed by atoms with Gasteiger partial charge in [-0.05, 0) is 25.0 Å². The summed E-state index contributed by atoms with van der Waals surface area (Å²) in [6.45, 7) is 4.10. The molecular weight excluding hydrogens is 152 g/mol. The van der Waals surface area contributed by atoms with Gasteiger partial charge in [0, 0.05) is 5.69 Å². The van der Waals surface area contributed by atoms with E-state index in [-0.39, 0.29) is 0 Å². The third kappa shape index (κ3) is 0.978. The molecule has 0 aliphatic carbocycles. The van der Waals surface area contributed by atoms with Crippen LogP contribution in [0.5, 0.6) is 0 Å². The van der Waals surface area contributed by atoms with Crippen LogP contribution < -0.4 is 0 Å². The van der Waals surface area contributed by atoms with Gasteiger partial charge in [-0.15, -0.1) is 0 Å². The molecule has 0 aliphatic heterocycles. The Morgan fingerprint density at radius 3 is 3.08 bits per heavy atom. The van der Waals surface area contributed by atoms with Crippen molar-refractivity contribution >= 4 is 11.2 Å². The molecule has 2 rings (SSSR count). The van der Waals surface area contributed by atoms with Crippen LogP contribution in [0, 0.1) is 6.92 Å². The van der Waals surface area contributed by atoms with Crippen LogP contribution in [0.1, 0.15) is 18.2 Å². The van der Waals surface area contributed by atoms with E-state index >= 15 is 0 Å². The van der Waals surface area contributed by atoms with Crippen LogP contribution in [0.25, 0.3) is 11.2 Å². The van der Waals surface area contributed by atoms with E-state index in [0.717, 1.165) is 17.7 Å². The average molecular weight is 162 g/mol. The second-order valence-electron chi connectivity index (χ2n) is 2.76. The predicted octanol–water partition coefficient (Wildman–Crippen LogP) is 2.09. The summed E-state index contributed by atoms with van der Waals surface area (Å²) in [5.74, 6) is 0. The molecule has 12 heavy (non-hydrogen) atoms. The van der Waals surface area contributed by atoms with Gasteiger partial charge in [0.15, 0.2) is 17.6 Å². The molecule has 62 valence electrons. The highest BCUT2D eigenvalue weighted by atomic mass is 16.3. The Labute approximate surface area is 70.4 Å². The van der Waals surface area contributed by atoms with Crippen molar-refractivity contribution in [3.63, 3.8) is 0 Å². The largest absolute Gasteiger partial charge is 0.442 e. The Morgan fingerprint density at radius 1 is 1.50 bits per heavy atom. The summed E-state index contributed by atoms with van der Waals surface area (Å²) in [4.78, 5) is 8.28. The molecule has 0 unspecified atom stereocenters. The second-order valence-corrected chi connectivity index (χ2v) is 2.76. The lowest BCUT2D eigenvalue weighted by Gasteiger charge is -1.99. The zero-order chi connectivity index (χ0) is 8.55. The zero-order valence-electron chi connectivity index (χ0n) is 7.16. The lowest BCUT2D eigenvalue weighted by molar-refractivity contribution is 0.601. The fourth-order valence-electron chi connectivity index (χ4n) is 1.28. The monoisotopic (exact) mass is 162 g/mol. The smallest absolute Gasteiger partial charge is 0.198 e. The number of oxazole rings is 1. The minimum absolute atomic E-state index is 0.699. The Kier molecular flexibility index (Phi) is 1.57. The molecule has 0 amide bonds. The second kappa shape index (κ2) is 2.59. The molecule has 3 nitrogen and oxygen atoms in total. The number of aryl methyl sites for hydroxylation is 2. The van der Waals surface area contributed by atoms with E-state index in [9.17, 15) is 0 Å². The number of pyridine rings is 1. The van der Waals surface area contributed by atoms with Gasteiger partial charge in [0.05, 0.1) is 0 Å². The van der Waals surface area contributed by atoms with Gasteiger partial charge in [-0.25, -0.2) is 4.98 Å². The van der Waals surface area contributed by atoms with Gasteiger partial charge in [0.25, 0.3) is 0 Å². The van der Waals surface area contributed by atoms with Crippen LogP contribution >= 0.6 is 0 Å². The molecule has 0 saturated heterocycles. The van der Waals surface area contributed by atoms with E-state index in [1.54, 1.807) is 0 Å². The van der Waals surface area contributed by atoms with Crippen molar-refractivity contribution in [1.82, 2.24) is 9.97 Å². The minimum atomic E-state index is 0.699. The van der Waals surface area contributed by atoms with Crippen molar-refractivity contribution in [2.45, 2.75) is 20.3 Å². The molecular formula is C9H10N2O. The van der Waals surface area contributed by atoms with Gasteiger partial charge in [-0.2, -0.15) is 4.98 Å². The lowest BCUT2D eigenvalue weighted by Crippen LogP contribution is -1.90. The predicted molar refractivity (Wildman–Crippen MR) is 45.9 cm³/mol. The Morgan fingerprint density at radius 2 is 2.33 bits per heavy atom. The summed E-state index contributed by atoms with van der Waals surface area (Å²) >= 11 is 0. The first-order valence-electron chi connectivity index (χ1n) is 4.01. The first-order chi connectivity index (χ1) is 5.81. The third-order valence-electron chi connectivity index (χ3n) is 2.00. The number of hydrogen-bond acceptors (Lipinski definition) is 3. The number of nitrogens with zero attached hydrogens (tertiary/aromatic N) is 2. The van der Waals surface area contributed by atoms with Crippen molar-refractivity contribution in [1.29, 1.82) is 0 Å². The molecule has 0 spiro atoms. The van der Waals surface area contributed by atoms with Crippen molar-refractivity contribution in [3.8, 4) is 0 Å². The van der Waals surface area contributed by atoms with Gasteiger partial charge < -0.3 is 4.42 Å². The van der Waals surface area contributed by atoms with Crippen LogP contribution in [0.3, 0.4) is 0 Å². The average Bonchev–Trinajstić information content (AvgIpc) is 2.49. The maximum Gasteiger partial charge on any atom is 0.198 e. The SMILES string of the molecule is CCc1cc2ocnc2nc1C. The molecule has 2 aromatic rings. The maximum absolute atomic E-state index is 5.14. The molecule has 0 saturated carbocycles. The van der Waals surface area contributed by atoms with E-state index in [1.165, 1.54) is 12.0 Å². The Balaban J connectivity index is 2.73. The van der Waals surface area contributed by atoms with Crippen LogP contribution in [-0.4, -0.2) is 9.97 Å². The quantitative estimate of drug-likeness (QED) is 0.644. The number of rotatable bonds is 1. The highest BCUT2D eigenvalue weighted by Gasteiger charge is 2.03. The Bertz CT molecular complexity index is 406. The normalized spacial score (nSPS) is 10.8. The summed E-state index contributed by atoms with van der Waals surface area (Å²) in [6.07, 6.45) is 2.41. The molecule has 0 atom stereocenters. The van der Waals surface area contributed by atoms with Crippen molar-refractivity contribution in [3.05, 3.63) is 23.7 Å². The lowest BCUT2D eigenvalue weighted by atomic mass is 10.1. The van der Waals surface area contributed by atoms with Gasteiger partial charge in [0.1, 0.15) is 0 Å². The highest BCUT2D eigenvalue weighted by Crippen LogP contribution is 2.15. The third-order valence-corrected chi connectivity index (χ3v) is 2.00. The molecule has 0 radical (unpaired) electrons.